The molecule has 7 nitrogen and oxygen atoms in total. The summed E-state index contributed by atoms with van der Waals surface area (Å²) in [6.45, 7) is 4.02. The van der Waals surface area contributed by atoms with Gasteiger partial charge >= 0.3 is 135 Å². The molecule has 0 aromatic heterocycles. The first-order valence-corrected chi connectivity index (χ1v) is 7.38. The Labute approximate surface area is 135 Å². The van der Waals surface area contributed by atoms with Crippen LogP contribution in [0.2, 0.25) is 0 Å². The van der Waals surface area contributed by atoms with Crippen molar-refractivity contribution < 1.29 is 19.0 Å². The van der Waals surface area contributed by atoms with Crippen LogP contribution in [0.3, 0.4) is 0 Å². The van der Waals surface area contributed by atoms with Crippen molar-refractivity contribution in [1.82, 2.24) is 5.32 Å². The van der Waals surface area contributed by atoms with Crippen molar-refractivity contribution in [3.8, 4) is 0 Å². The molecule has 0 aliphatic carbocycles. The number of methoxy groups -OCH3 is 1. The van der Waals surface area contributed by atoms with Gasteiger partial charge < -0.3 is 0 Å². The number of nitrogens with zero attached hydrogens (tertiary/aromatic N) is 1. The third kappa shape index (κ3) is 3.76. The van der Waals surface area contributed by atoms with Crippen LogP contribution in [-0.2, 0) is 19.0 Å². The molecule has 0 bridgehead atoms. The Balaban J connectivity index is 2.44. The van der Waals surface area contributed by atoms with Gasteiger partial charge in [0, 0.05) is 0 Å². The number of nitrogens with one attached hydrogen (secondary N) is 2. The van der Waals surface area contributed by atoms with Crippen LogP contribution >= 0.6 is 0 Å². The summed E-state index contributed by atoms with van der Waals surface area (Å²) >= 11 is 0. The van der Waals surface area contributed by atoms with Gasteiger partial charge in [0.1, 0.15) is 0 Å². The fraction of sp³-hybridized carbons (Fsp3) is 0.467. The van der Waals surface area contributed by atoms with Crippen molar-refractivity contribution in [1.29, 1.82) is 0 Å². The van der Waals surface area contributed by atoms with E-state index in [1.807, 2.05) is 26.0 Å². The molecule has 0 unspecified atom stereocenters. The van der Waals surface area contributed by atoms with Crippen LogP contribution in [0.15, 0.2) is 12.1 Å². The molecule has 0 saturated carbocycles. The molecule has 0 radical (unpaired) electrons. The molecule has 1 aromatic carbocycles. The van der Waals surface area contributed by atoms with E-state index in [2.05, 4.69) is 10.6 Å². The molecule has 1 aliphatic rings. The van der Waals surface area contributed by atoms with Gasteiger partial charge in [-0.2, -0.15) is 0 Å². The van der Waals surface area contributed by atoms with E-state index in [0.717, 1.165) is 16.8 Å². The number of ether oxygens (including phenoxy) is 1. The number of hydrogen-bond acceptors (Lipinski definition) is 6. The number of aryl methyl sites for hydroxylation is 2. The zero-order chi connectivity index (χ0) is 17.0. The molecule has 0 fully saturated rings. The van der Waals surface area contributed by atoms with Crippen LogP contribution in [0.25, 0.3) is 0 Å². The van der Waals surface area contributed by atoms with Crippen molar-refractivity contribution in [3.05, 3.63) is 23.3 Å². The Bertz CT molecular complexity index is 635. The van der Waals surface area contributed by atoms with E-state index >= 15 is 0 Å². The van der Waals surface area contributed by atoms with Crippen molar-refractivity contribution >= 4 is 30.4 Å². The number of fused-ring (bicyclic) bond motifs is 1. The Hall–Kier alpha value is -2.22. The van der Waals surface area contributed by atoms with E-state index in [1.165, 1.54) is 12.0 Å². The summed E-state index contributed by atoms with van der Waals surface area (Å²) in [5.41, 5.74) is 3.40. The van der Waals surface area contributed by atoms with Crippen LogP contribution in [0.1, 0.15) is 11.1 Å². The van der Waals surface area contributed by atoms with E-state index in [1.54, 1.807) is 0 Å². The van der Waals surface area contributed by atoms with Crippen LogP contribution in [0.4, 0.5) is 11.4 Å². The average Bonchev–Trinajstić information content (AvgIpc) is 2.63. The van der Waals surface area contributed by atoms with E-state index in [-0.39, 0.29) is 18.9 Å². The first-order valence-electron chi connectivity index (χ1n) is 7.38. The molecular formula is C15H20BN3O4. The molecule has 0 saturated heterocycles. The average molecular weight is 317 g/mol. The molecule has 1 aromatic rings. The van der Waals surface area contributed by atoms with Crippen molar-refractivity contribution in [2.24, 2.45) is 0 Å². The van der Waals surface area contributed by atoms with E-state index in [0.29, 0.717) is 19.4 Å². The van der Waals surface area contributed by atoms with Crippen LogP contribution in [0, 0.1) is 13.8 Å². The second-order valence-corrected chi connectivity index (χ2v) is 5.49. The van der Waals surface area contributed by atoms with E-state index < -0.39 is 12.0 Å². The second kappa shape index (κ2) is 7.37. The van der Waals surface area contributed by atoms with Crippen molar-refractivity contribution in [3.63, 3.8) is 0 Å². The summed E-state index contributed by atoms with van der Waals surface area (Å²) in [6.07, 6.45) is 0.0680. The Kier molecular flexibility index (Phi) is 5.49. The maximum absolute atomic E-state index is 12.8. The number of esters is 1. The van der Waals surface area contributed by atoms with Gasteiger partial charge in [-0.3, -0.25) is 0 Å². The monoisotopic (exact) mass is 317 g/mol. The van der Waals surface area contributed by atoms with Crippen LogP contribution in [-0.4, -0.2) is 51.7 Å². The number of carbonyl (C=O) groups is 2. The van der Waals surface area contributed by atoms with Gasteiger partial charge in [0.25, 0.3) is 0 Å². The normalized spacial score (nSPS) is 16.9. The molecule has 23 heavy (non-hydrogen) atoms. The SMILES string of the molecule is COC(=O)CN1C(=O)[C@@H](NCB=O)CNc2cc(C)cc(C)c21. The zero-order valence-electron chi connectivity index (χ0n) is 13.5. The van der Waals surface area contributed by atoms with E-state index in [9.17, 15) is 14.3 Å². The number of benzene rings is 1. The van der Waals surface area contributed by atoms with Gasteiger partial charge in [-0.25, -0.2) is 0 Å². The quantitative estimate of drug-likeness (QED) is 0.596. The molecule has 1 amide bonds. The van der Waals surface area contributed by atoms with Gasteiger partial charge in [-0.05, 0) is 0 Å². The molecule has 0 spiro atoms. The zero-order valence-corrected chi connectivity index (χ0v) is 13.5. The summed E-state index contributed by atoms with van der Waals surface area (Å²) in [4.78, 5) is 26.0. The third-order valence-electron chi connectivity index (χ3n) is 3.74. The number of hydrogen-bond donors (Lipinski definition) is 2. The predicted octanol–water partition coefficient (Wildman–Crippen LogP) is 0.200. The maximum atomic E-state index is 12.8. The summed E-state index contributed by atoms with van der Waals surface area (Å²) in [7, 11) is 1.99. The Morgan fingerprint density at radius 3 is 2.87 bits per heavy atom. The fourth-order valence-corrected chi connectivity index (χ4v) is 2.75. The topological polar surface area (TPSA) is 87.7 Å². The first-order chi connectivity index (χ1) is 11.0. The van der Waals surface area contributed by atoms with Crippen molar-refractivity contribution in [2.75, 3.05) is 36.9 Å². The number of anilines is 2. The summed E-state index contributed by atoms with van der Waals surface area (Å²) in [6, 6.07) is 3.29. The van der Waals surface area contributed by atoms with Gasteiger partial charge in [0.15, 0.2) is 0 Å². The molecule has 1 heterocycles. The molecular weight excluding hydrogens is 297 g/mol. The van der Waals surface area contributed by atoms with E-state index in [4.69, 9.17) is 4.74 Å². The minimum absolute atomic E-state index is 0.0680. The molecule has 122 valence electrons. The predicted molar refractivity (Wildman–Crippen MR) is 87.0 cm³/mol. The Morgan fingerprint density at radius 1 is 1.48 bits per heavy atom. The summed E-state index contributed by atoms with van der Waals surface area (Å²) in [5, 5.41) is 6.10. The molecule has 8 heteroatoms. The summed E-state index contributed by atoms with van der Waals surface area (Å²) in [5.74, 6) is -0.768. The number of rotatable bonds is 5. The van der Waals surface area contributed by atoms with Crippen LogP contribution < -0.4 is 15.5 Å². The Morgan fingerprint density at radius 2 is 2.22 bits per heavy atom. The molecule has 1 atom stereocenters. The van der Waals surface area contributed by atoms with Gasteiger partial charge in [0.05, 0.1) is 0 Å². The third-order valence-corrected chi connectivity index (χ3v) is 3.74. The number of amides is 1. The first kappa shape index (κ1) is 17.1. The van der Waals surface area contributed by atoms with Gasteiger partial charge in [-0.15, -0.1) is 0 Å². The van der Waals surface area contributed by atoms with Gasteiger partial charge in [0.2, 0.25) is 0 Å². The van der Waals surface area contributed by atoms with Crippen molar-refractivity contribution in [2.45, 2.75) is 19.9 Å². The minimum atomic E-state index is -0.600. The fourth-order valence-electron chi connectivity index (χ4n) is 2.75. The second-order valence-electron chi connectivity index (χ2n) is 5.49. The van der Waals surface area contributed by atoms with Crippen LogP contribution in [0.5, 0.6) is 0 Å². The molecule has 2 N–H and O–H groups in total. The van der Waals surface area contributed by atoms with Gasteiger partial charge in [-0.1, -0.05) is 0 Å². The number of carbonyl (C=O) groups excluding carboxylic acids is 2. The standard InChI is InChI=1S/C15H20BN3O4/c1-9-4-10(2)14-11(5-9)17-6-12(18-8-16-22)15(21)19(14)7-13(20)23-3/h4-5,12,17-18H,6-8H2,1-3H3/t12-/m0/s1. The molecule has 1 aliphatic heterocycles. The molecule has 2 rings (SSSR count). The summed E-state index contributed by atoms with van der Waals surface area (Å²) < 4.78 is 15.3.